The molecule has 3 heterocycles. The van der Waals surface area contributed by atoms with E-state index in [1.54, 1.807) is 12.4 Å². The first-order valence-corrected chi connectivity index (χ1v) is 8.47. The van der Waals surface area contributed by atoms with Gasteiger partial charge in [-0.3, -0.25) is 4.68 Å². The first-order chi connectivity index (χ1) is 11.7. The van der Waals surface area contributed by atoms with Crippen molar-refractivity contribution in [2.24, 2.45) is 0 Å². The number of nitrogens with one attached hydrogen (secondary N) is 2. The molecule has 3 rings (SSSR count). The summed E-state index contributed by atoms with van der Waals surface area (Å²) in [6.45, 7) is 2.97. The number of rotatable bonds is 6. The zero-order valence-corrected chi connectivity index (χ0v) is 14.1. The molecule has 1 saturated heterocycles. The number of nitrogens with zero attached hydrogens (tertiary/aromatic N) is 4. The summed E-state index contributed by atoms with van der Waals surface area (Å²) in [6.07, 6.45) is 7.12. The molecule has 8 heteroatoms. The van der Waals surface area contributed by atoms with Crippen molar-refractivity contribution >= 4 is 23.4 Å². The smallest absolute Gasteiger partial charge is 0.315 e. The van der Waals surface area contributed by atoms with E-state index in [1.807, 2.05) is 29.1 Å². The number of amides is 2. The van der Waals surface area contributed by atoms with Gasteiger partial charge in [0.15, 0.2) is 0 Å². The van der Waals surface area contributed by atoms with Gasteiger partial charge in [0.25, 0.3) is 0 Å². The lowest BCUT2D eigenvalue weighted by atomic mass is 10.3. The lowest BCUT2D eigenvalue weighted by molar-refractivity contribution is 0.237. The predicted molar refractivity (Wildman–Crippen MR) is 93.2 cm³/mol. The van der Waals surface area contributed by atoms with Crippen molar-refractivity contribution in [3.05, 3.63) is 41.8 Å². The van der Waals surface area contributed by atoms with Gasteiger partial charge in [0.2, 0.25) is 0 Å². The van der Waals surface area contributed by atoms with Crippen LogP contribution in [0.25, 0.3) is 0 Å². The number of hydrogen-bond acceptors (Lipinski definition) is 4. The van der Waals surface area contributed by atoms with Crippen molar-refractivity contribution in [2.45, 2.75) is 25.4 Å². The molecule has 1 aliphatic rings. The molecule has 0 aliphatic carbocycles. The highest BCUT2D eigenvalue weighted by molar-refractivity contribution is 6.32. The van der Waals surface area contributed by atoms with Crippen LogP contribution < -0.4 is 15.5 Å². The van der Waals surface area contributed by atoms with Crippen LogP contribution in [0.4, 0.5) is 10.6 Å². The Labute approximate surface area is 146 Å². The van der Waals surface area contributed by atoms with E-state index in [-0.39, 0.29) is 12.1 Å². The Kier molecular flexibility index (Phi) is 5.53. The number of carbonyl (C=O) groups is 1. The lowest BCUT2D eigenvalue weighted by Crippen LogP contribution is -2.43. The minimum atomic E-state index is -0.130. The molecule has 1 aliphatic heterocycles. The molecule has 0 saturated carbocycles. The first kappa shape index (κ1) is 16.6. The van der Waals surface area contributed by atoms with Gasteiger partial charge in [0.05, 0.1) is 5.02 Å². The summed E-state index contributed by atoms with van der Waals surface area (Å²) in [7, 11) is 0. The van der Waals surface area contributed by atoms with Crippen molar-refractivity contribution in [3.63, 3.8) is 0 Å². The third-order valence-electron chi connectivity index (χ3n) is 3.97. The van der Waals surface area contributed by atoms with Crippen LogP contribution in [-0.2, 0) is 6.54 Å². The first-order valence-electron chi connectivity index (χ1n) is 8.09. The van der Waals surface area contributed by atoms with Crippen LogP contribution in [0.15, 0.2) is 36.8 Å². The normalized spacial score (nSPS) is 17.0. The van der Waals surface area contributed by atoms with Gasteiger partial charge in [0, 0.05) is 50.8 Å². The second-order valence-corrected chi connectivity index (χ2v) is 6.17. The SMILES string of the molecule is O=C(NCCCn1cccn1)N[C@@H]1CCN(c2ncccc2Cl)C1. The van der Waals surface area contributed by atoms with E-state index < -0.39 is 0 Å². The topological polar surface area (TPSA) is 75.1 Å². The summed E-state index contributed by atoms with van der Waals surface area (Å²) >= 11 is 6.17. The van der Waals surface area contributed by atoms with Gasteiger partial charge in [-0.2, -0.15) is 5.10 Å². The van der Waals surface area contributed by atoms with E-state index >= 15 is 0 Å². The Morgan fingerprint density at radius 2 is 2.29 bits per heavy atom. The van der Waals surface area contributed by atoms with Gasteiger partial charge in [0.1, 0.15) is 5.82 Å². The molecule has 1 atom stereocenters. The molecule has 2 aromatic heterocycles. The maximum Gasteiger partial charge on any atom is 0.315 e. The number of halogens is 1. The Bertz CT molecular complexity index is 662. The van der Waals surface area contributed by atoms with Gasteiger partial charge < -0.3 is 15.5 Å². The summed E-state index contributed by atoms with van der Waals surface area (Å²) in [4.78, 5) is 18.4. The molecule has 2 aromatic rings. The monoisotopic (exact) mass is 348 g/mol. The fourth-order valence-corrected chi connectivity index (χ4v) is 3.03. The van der Waals surface area contributed by atoms with E-state index in [0.29, 0.717) is 11.6 Å². The maximum atomic E-state index is 12.0. The van der Waals surface area contributed by atoms with Crippen LogP contribution in [-0.4, -0.2) is 46.5 Å². The molecule has 24 heavy (non-hydrogen) atoms. The molecule has 2 N–H and O–H groups in total. The summed E-state index contributed by atoms with van der Waals surface area (Å²) < 4.78 is 1.85. The summed E-state index contributed by atoms with van der Waals surface area (Å²) in [5.74, 6) is 0.781. The summed E-state index contributed by atoms with van der Waals surface area (Å²) in [5.41, 5.74) is 0. The Morgan fingerprint density at radius 1 is 1.38 bits per heavy atom. The average Bonchev–Trinajstić information content (AvgIpc) is 3.24. The number of aryl methyl sites for hydroxylation is 1. The summed E-state index contributed by atoms with van der Waals surface area (Å²) in [6, 6.07) is 5.51. The van der Waals surface area contributed by atoms with Crippen LogP contribution in [0.1, 0.15) is 12.8 Å². The Hall–Kier alpha value is -2.28. The van der Waals surface area contributed by atoms with Crippen LogP contribution in [0, 0.1) is 0 Å². The Morgan fingerprint density at radius 3 is 3.08 bits per heavy atom. The fraction of sp³-hybridized carbons (Fsp3) is 0.438. The van der Waals surface area contributed by atoms with Crippen LogP contribution in [0.5, 0.6) is 0 Å². The Balaban J connectivity index is 1.37. The number of urea groups is 1. The van der Waals surface area contributed by atoms with Gasteiger partial charge in [-0.25, -0.2) is 9.78 Å². The van der Waals surface area contributed by atoms with Crippen molar-refractivity contribution in [3.8, 4) is 0 Å². The van der Waals surface area contributed by atoms with Gasteiger partial charge in [-0.15, -0.1) is 0 Å². The van der Waals surface area contributed by atoms with E-state index in [4.69, 9.17) is 11.6 Å². The second-order valence-electron chi connectivity index (χ2n) is 5.76. The number of anilines is 1. The zero-order valence-electron chi connectivity index (χ0n) is 13.4. The highest BCUT2D eigenvalue weighted by atomic mass is 35.5. The highest BCUT2D eigenvalue weighted by Gasteiger charge is 2.25. The van der Waals surface area contributed by atoms with E-state index in [0.717, 1.165) is 38.3 Å². The van der Waals surface area contributed by atoms with Crippen molar-refractivity contribution in [1.82, 2.24) is 25.4 Å². The number of hydrogen-bond donors (Lipinski definition) is 2. The minimum absolute atomic E-state index is 0.106. The molecule has 0 aromatic carbocycles. The molecule has 0 bridgehead atoms. The number of carbonyl (C=O) groups excluding carboxylic acids is 1. The quantitative estimate of drug-likeness (QED) is 0.782. The standard InChI is InChI=1S/C16H21ClN6O/c17-14-4-1-6-18-15(14)22-11-5-13(12-22)21-16(24)19-7-2-9-23-10-3-8-20-23/h1,3-4,6,8,10,13H,2,5,7,9,11-12H2,(H2,19,21,24)/t13-/m1/s1. The summed E-state index contributed by atoms with van der Waals surface area (Å²) in [5, 5.41) is 10.7. The third-order valence-corrected chi connectivity index (χ3v) is 4.27. The molecule has 2 amide bonds. The van der Waals surface area contributed by atoms with E-state index in [2.05, 4.69) is 25.6 Å². The molecule has 128 valence electrons. The van der Waals surface area contributed by atoms with Crippen molar-refractivity contribution in [2.75, 3.05) is 24.5 Å². The third kappa shape index (κ3) is 4.38. The largest absolute Gasteiger partial charge is 0.353 e. The molecule has 0 radical (unpaired) electrons. The van der Waals surface area contributed by atoms with Crippen LogP contribution >= 0.6 is 11.6 Å². The second kappa shape index (κ2) is 8.01. The fourth-order valence-electron chi connectivity index (χ4n) is 2.79. The van der Waals surface area contributed by atoms with Gasteiger partial charge >= 0.3 is 6.03 Å². The van der Waals surface area contributed by atoms with E-state index in [9.17, 15) is 4.79 Å². The van der Waals surface area contributed by atoms with Gasteiger partial charge in [-0.05, 0) is 31.0 Å². The molecule has 1 fully saturated rings. The maximum absolute atomic E-state index is 12.0. The van der Waals surface area contributed by atoms with E-state index in [1.165, 1.54) is 0 Å². The number of aromatic nitrogens is 3. The molecule has 0 spiro atoms. The predicted octanol–water partition coefficient (Wildman–Crippen LogP) is 1.90. The molecule has 0 unspecified atom stereocenters. The highest BCUT2D eigenvalue weighted by Crippen LogP contribution is 2.25. The molecule has 7 nitrogen and oxygen atoms in total. The van der Waals surface area contributed by atoms with Crippen molar-refractivity contribution in [1.29, 1.82) is 0 Å². The zero-order chi connectivity index (χ0) is 16.8. The lowest BCUT2D eigenvalue weighted by Gasteiger charge is -2.19. The van der Waals surface area contributed by atoms with Crippen LogP contribution in [0.3, 0.4) is 0 Å². The van der Waals surface area contributed by atoms with Crippen molar-refractivity contribution < 1.29 is 4.79 Å². The minimum Gasteiger partial charge on any atom is -0.353 e. The van der Waals surface area contributed by atoms with Gasteiger partial charge in [-0.1, -0.05) is 11.6 Å². The number of pyridine rings is 1. The molecular weight excluding hydrogens is 328 g/mol. The average molecular weight is 349 g/mol. The van der Waals surface area contributed by atoms with Crippen LogP contribution in [0.2, 0.25) is 5.02 Å². The molecular formula is C16H21ClN6O.